The number of alkyl halides is 6. The van der Waals surface area contributed by atoms with Gasteiger partial charge >= 0.3 is 12.4 Å². The number of carbonyl (C=O) groups excluding carboxylic acids is 1. The summed E-state index contributed by atoms with van der Waals surface area (Å²) < 4.78 is 88.9. The normalized spacial score (nSPS) is 20.6. The molecule has 8 unspecified atom stereocenters. The number of aromatic nitrogens is 16. The van der Waals surface area contributed by atoms with Crippen LogP contribution >= 0.6 is 92.8 Å². The molecule has 43 heteroatoms. The maximum absolute atomic E-state index is 13.8. The third-order valence-corrected chi connectivity index (χ3v) is 31.4. The first-order chi connectivity index (χ1) is 67.1. The number of nitrogens with zero attached hydrogens (tertiary/aromatic N) is 24. The monoisotopic (exact) mass is 2090 g/mol. The topological polar surface area (TPSA) is 298 Å². The summed E-state index contributed by atoms with van der Waals surface area (Å²) in [4.78, 5) is 67.1. The van der Waals surface area contributed by atoms with Gasteiger partial charge in [0.15, 0.2) is 45.5 Å². The van der Waals surface area contributed by atoms with Crippen molar-refractivity contribution in [2.45, 2.75) is 129 Å². The lowest BCUT2D eigenvalue weighted by Gasteiger charge is -2.47. The summed E-state index contributed by atoms with van der Waals surface area (Å²) in [6, 6.07) is 19.1. The van der Waals surface area contributed by atoms with Crippen LogP contribution in [0.15, 0.2) is 97.6 Å². The lowest BCUT2D eigenvalue weighted by molar-refractivity contribution is -0.141. The van der Waals surface area contributed by atoms with E-state index in [0.717, 1.165) is 183 Å². The zero-order valence-corrected chi connectivity index (χ0v) is 84.6. The molecule has 0 amide bonds. The summed E-state index contributed by atoms with van der Waals surface area (Å²) in [6.45, 7) is 29.9. The highest BCUT2D eigenvalue weighted by molar-refractivity contribution is 6.37. The Kier molecular flexibility index (Phi) is 32.5. The van der Waals surface area contributed by atoms with E-state index in [0.29, 0.717) is 140 Å². The number of halogens is 14. The minimum atomic E-state index is -4.67. The third-order valence-electron chi connectivity index (χ3n) is 29.2. The smallest absolute Gasteiger partial charge is 0.395 e. The van der Waals surface area contributed by atoms with Crippen LogP contribution in [-0.2, 0) is 12.4 Å². The standard InChI is InChI=1S/C25H30Cl2N6O2.2C24H27Cl2F3N6O.C24H30Cl2N6O/c1-15(20-6-5-19(26)10-21(20)27)33-25-24(23(30-33)16(2)35)28-11-22(29-25)32-13-18(14-32)17-4-3-7-31(12-17)8-9-34;2*1-14(18-5-4-17(25)9-19(18)26)35-23-21(22(32-35)24(27,28)29)30-10-20(31-23)34-12-16(13-34)15-3-2-6-33(11-15)7-8-36;1-15-23-24(32(29-15)16(2)20-6-5-19(25)10-21(20)26)28-22(11-27-23)31-13-18(14-31)17-4-3-7-30(12-17)8-9-33/h5-6,10-11,15,17-18,34H,3-4,7-9,12-14H2,1-2H3;2*4-5,9-10,14-16,36H,2-3,6-8,11-13H2,1H3;5-6,10-11,16-18,33H,3-4,7-9,12-14H2,1-2H3. The molecule has 8 fully saturated rings. The number of piperidine rings is 4. The van der Waals surface area contributed by atoms with E-state index < -0.39 is 35.8 Å². The van der Waals surface area contributed by atoms with Crippen LogP contribution in [-0.4, -0.2) is 282 Å². The molecule has 4 aromatic carbocycles. The highest BCUT2D eigenvalue weighted by Gasteiger charge is 2.46. The van der Waals surface area contributed by atoms with Crippen molar-refractivity contribution in [1.29, 1.82) is 0 Å². The number of hydrogen-bond acceptors (Lipinski definition) is 25. The summed E-state index contributed by atoms with van der Waals surface area (Å²) in [5, 5.41) is 58.0. The Morgan fingerprint density at radius 1 is 0.357 bits per heavy atom. The van der Waals surface area contributed by atoms with Gasteiger partial charge in [0.2, 0.25) is 0 Å². The van der Waals surface area contributed by atoms with Gasteiger partial charge in [-0.3, -0.25) is 4.79 Å². The second kappa shape index (κ2) is 44.2. The number of benzene rings is 4. The van der Waals surface area contributed by atoms with Crippen molar-refractivity contribution in [2.75, 3.05) is 177 Å². The molecular weight excluding hydrogens is 1980 g/mol. The summed E-state index contributed by atoms with van der Waals surface area (Å²) >= 11 is 49.8. The van der Waals surface area contributed by atoms with Crippen molar-refractivity contribution in [3.05, 3.63) is 183 Å². The lowest BCUT2D eigenvalue weighted by Crippen LogP contribution is -2.54. The van der Waals surface area contributed by atoms with Crippen LogP contribution in [0, 0.1) is 54.3 Å². The predicted octanol–water partition coefficient (Wildman–Crippen LogP) is 18.1. The van der Waals surface area contributed by atoms with E-state index in [-0.39, 0.29) is 66.6 Å². The Labute approximate surface area is 847 Å². The van der Waals surface area contributed by atoms with Crippen molar-refractivity contribution in [3.8, 4) is 0 Å². The molecule has 8 atom stereocenters. The molecular formula is C97H114Cl8F6N24O5. The van der Waals surface area contributed by atoms with Gasteiger partial charge < -0.3 is 59.6 Å². The maximum Gasteiger partial charge on any atom is 0.437 e. The molecule has 0 bridgehead atoms. The number of likely N-dealkylation sites (tertiary alicyclic amines) is 4. The van der Waals surface area contributed by atoms with Crippen molar-refractivity contribution in [3.63, 3.8) is 0 Å². The van der Waals surface area contributed by atoms with Gasteiger partial charge in [-0.15, -0.1) is 0 Å². The first-order valence-electron chi connectivity index (χ1n) is 47.9. The molecule has 29 nitrogen and oxygen atoms in total. The SMILES string of the molecule is CC(=O)c1nn(C(C)c2ccc(Cl)cc2Cl)c2nc(N3CC(C4CCCN(CCO)C4)C3)cnc12.CC(c1ccc(Cl)cc1Cl)n1nc(C(F)(F)F)c2ncc(N3CC(C4CCCN(CCO)C4)C3)nc21.CC(c1ccc(Cl)cc1Cl)n1nc(C(F)(F)F)c2ncc(N3CC(C4CCCN(CCO)C4)C3)nc21.Cc1nn(C(C)c2ccc(Cl)cc2Cl)c2nc(N3CC(C4CCCN(CCO)C4)C3)cnc12. The van der Waals surface area contributed by atoms with E-state index in [1.54, 1.807) is 79.3 Å². The van der Waals surface area contributed by atoms with E-state index in [2.05, 4.69) is 76.5 Å². The Morgan fingerprint density at radius 3 is 0.871 bits per heavy atom. The van der Waals surface area contributed by atoms with Gasteiger partial charge in [0.1, 0.15) is 45.3 Å². The van der Waals surface area contributed by atoms with E-state index in [1.165, 1.54) is 54.4 Å². The molecule has 0 saturated carbocycles. The fourth-order valence-corrected chi connectivity index (χ4v) is 23.5. The number of rotatable bonds is 25. The van der Waals surface area contributed by atoms with Crippen LogP contribution in [0.25, 0.3) is 44.7 Å². The van der Waals surface area contributed by atoms with Gasteiger partial charge in [-0.1, -0.05) is 117 Å². The van der Waals surface area contributed by atoms with Gasteiger partial charge in [-0.2, -0.15) is 46.7 Å². The quantitative estimate of drug-likeness (QED) is 0.0305. The summed E-state index contributed by atoms with van der Waals surface area (Å²) in [6.07, 6.45) is 6.49. The number of β-amino-alcohol motifs (C(OH)–C–C–N with tert-alkyl or cyclic N) is 4. The number of Topliss-reactive ketones (excluding diaryl/α,β-unsaturated/α-hetero) is 1. The van der Waals surface area contributed by atoms with Crippen molar-refractivity contribution in [2.24, 2.45) is 47.3 Å². The van der Waals surface area contributed by atoms with Crippen molar-refractivity contribution in [1.82, 2.24) is 98.6 Å². The molecule has 12 aromatic rings. The van der Waals surface area contributed by atoms with E-state index >= 15 is 0 Å². The van der Waals surface area contributed by atoms with Gasteiger partial charge in [-0.25, -0.2) is 58.6 Å². The predicted molar refractivity (Wildman–Crippen MR) is 535 cm³/mol. The van der Waals surface area contributed by atoms with Crippen molar-refractivity contribution >= 4 is 167 Å². The number of carbonyl (C=O) groups is 1. The average Bonchev–Trinajstić information content (AvgIpc) is 1.60. The van der Waals surface area contributed by atoms with E-state index in [4.69, 9.17) is 113 Å². The van der Waals surface area contributed by atoms with Gasteiger partial charge in [0.05, 0.1) is 81.1 Å². The minimum absolute atomic E-state index is 0.0635. The third kappa shape index (κ3) is 22.6. The maximum atomic E-state index is 13.8. The average molecular weight is 2090 g/mol. The molecule has 4 N–H and O–H groups in total. The largest absolute Gasteiger partial charge is 0.437 e. The molecule has 8 aliphatic heterocycles. The van der Waals surface area contributed by atoms with Crippen molar-refractivity contribution < 1.29 is 51.6 Å². The molecule has 8 aromatic heterocycles. The highest BCUT2D eigenvalue weighted by Crippen LogP contribution is 2.45. The number of hydrogen-bond donors (Lipinski definition) is 4. The zero-order chi connectivity index (χ0) is 99.0. The van der Waals surface area contributed by atoms with Crippen LogP contribution in [0.4, 0.5) is 49.6 Å². The second-order valence-corrected chi connectivity index (χ2v) is 41.7. The van der Waals surface area contributed by atoms with Crippen LogP contribution in [0.3, 0.4) is 0 Å². The van der Waals surface area contributed by atoms with Gasteiger partial charge in [-0.05, 0) is 230 Å². The lowest BCUT2D eigenvalue weighted by atomic mass is 9.80. The Balaban J connectivity index is 0.000000129. The first kappa shape index (κ1) is 103. The molecule has 20 rings (SSSR count). The molecule has 140 heavy (non-hydrogen) atoms. The van der Waals surface area contributed by atoms with Crippen LogP contribution in [0.5, 0.6) is 0 Å². The van der Waals surface area contributed by atoms with Gasteiger partial charge in [0, 0.05) is 152 Å². The summed E-state index contributed by atoms with van der Waals surface area (Å²) in [5.74, 6) is 7.25. The van der Waals surface area contributed by atoms with Crippen LogP contribution < -0.4 is 19.6 Å². The fourth-order valence-electron chi connectivity index (χ4n) is 21.2. The Bertz CT molecular complexity index is 6200. The fraction of sp³-hybridized carbons (Fsp3) is 0.536. The number of aryl methyl sites for hydroxylation is 1. The summed E-state index contributed by atoms with van der Waals surface area (Å²) in [7, 11) is 0. The molecule has 0 spiro atoms. The molecule has 750 valence electrons. The minimum Gasteiger partial charge on any atom is -0.395 e. The molecule has 0 radical (unpaired) electrons. The number of anilines is 4. The molecule has 8 saturated heterocycles. The number of ketones is 1. The van der Waals surface area contributed by atoms with Gasteiger partial charge in [0.25, 0.3) is 0 Å². The zero-order valence-electron chi connectivity index (χ0n) is 78.5. The number of fused-ring (bicyclic) bond motifs is 4. The summed E-state index contributed by atoms with van der Waals surface area (Å²) in [5.41, 5.74) is 4.21. The molecule has 16 heterocycles. The first-order valence-corrected chi connectivity index (χ1v) is 50.9. The number of aliphatic hydroxyl groups is 4. The second-order valence-electron chi connectivity index (χ2n) is 38.3. The Hall–Kier alpha value is -8.47. The van der Waals surface area contributed by atoms with E-state index in [9.17, 15) is 51.6 Å². The van der Waals surface area contributed by atoms with E-state index in [1.807, 2.05) is 52.7 Å². The molecule has 8 aliphatic rings. The Morgan fingerprint density at radius 2 is 0.607 bits per heavy atom. The van der Waals surface area contributed by atoms with Crippen LogP contribution in [0.2, 0.25) is 40.2 Å². The highest BCUT2D eigenvalue weighted by atomic mass is 35.5. The molecule has 0 aliphatic carbocycles. The number of aliphatic hydroxyl groups excluding tert-OH is 4. The van der Waals surface area contributed by atoms with Crippen LogP contribution in [0.1, 0.15) is 160 Å².